The number of benzene rings is 1. The van der Waals surface area contributed by atoms with Gasteiger partial charge in [0.1, 0.15) is 4.90 Å². The maximum absolute atomic E-state index is 12.0. The second kappa shape index (κ2) is 4.91. The average Bonchev–Trinajstić information content (AvgIpc) is 2.09. The fraction of sp³-hybridized carbons (Fsp3) is 0.333. The van der Waals surface area contributed by atoms with E-state index < -0.39 is 10.0 Å². The van der Waals surface area contributed by atoms with Crippen LogP contribution in [0.15, 0.2) is 17.0 Å². The Hall–Kier alpha value is -0.0400. The predicted molar refractivity (Wildman–Crippen MR) is 68.5 cm³/mol. The van der Waals surface area contributed by atoms with Crippen LogP contribution in [0.3, 0.4) is 0 Å². The number of hydrogen-bond acceptors (Lipinski definition) is 3. The third-order valence-electron chi connectivity index (χ3n) is 2.34. The average molecular weight is 316 g/mol. The molecule has 4 nitrogen and oxygen atoms in total. The second-order valence-electron chi connectivity index (χ2n) is 3.68. The van der Waals surface area contributed by atoms with Crippen LogP contribution in [0.4, 0.5) is 0 Å². The molecule has 1 heterocycles. The van der Waals surface area contributed by atoms with Crippen LogP contribution in [-0.2, 0) is 10.0 Å². The zero-order valence-corrected chi connectivity index (χ0v) is 11.6. The van der Waals surface area contributed by atoms with Crippen molar-refractivity contribution in [2.45, 2.75) is 10.9 Å². The van der Waals surface area contributed by atoms with Crippen LogP contribution in [-0.4, -0.2) is 27.5 Å². The van der Waals surface area contributed by atoms with Gasteiger partial charge in [0.15, 0.2) is 0 Å². The van der Waals surface area contributed by atoms with Gasteiger partial charge in [-0.3, -0.25) is 0 Å². The summed E-state index contributed by atoms with van der Waals surface area (Å²) in [5.41, 5.74) is 0. The molecule has 0 amide bonds. The lowest BCUT2D eigenvalue weighted by molar-refractivity contribution is 0.410. The Morgan fingerprint density at radius 2 is 1.71 bits per heavy atom. The fourth-order valence-electron chi connectivity index (χ4n) is 1.44. The molecule has 1 aliphatic rings. The van der Waals surface area contributed by atoms with E-state index in [4.69, 9.17) is 34.8 Å². The van der Waals surface area contributed by atoms with Crippen LogP contribution in [0, 0.1) is 0 Å². The van der Waals surface area contributed by atoms with E-state index in [1.165, 1.54) is 12.1 Å². The maximum atomic E-state index is 12.0. The van der Waals surface area contributed by atoms with Gasteiger partial charge in [0.25, 0.3) is 0 Å². The lowest BCUT2D eigenvalue weighted by atomic mass is 10.2. The zero-order chi connectivity index (χ0) is 12.6. The van der Waals surface area contributed by atoms with Gasteiger partial charge < -0.3 is 5.32 Å². The van der Waals surface area contributed by atoms with Crippen LogP contribution in [0.25, 0.3) is 0 Å². The molecule has 1 fully saturated rings. The molecule has 1 aromatic carbocycles. The van der Waals surface area contributed by atoms with Gasteiger partial charge in [-0.15, -0.1) is 0 Å². The molecular weight excluding hydrogens is 307 g/mol. The minimum absolute atomic E-state index is 0.0160. The Bertz CT molecular complexity index is 520. The number of sulfonamides is 1. The van der Waals surface area contributed by atoms with Crippen LogP contribution < -0.4 is 10.0 Å². The maximum Gasteiger partial charge on any atom is 0.243 e. The molecule has 2 rings (SSSR count). The van der Waals surface area contributed by atoms with Gasteiger partial charge in [-0.25, -0.2) is 13.1 Å². The van der Waals surface area contributed by atoms with E-state index in [-0.39, 0.29) is 21.0 Å². The van der Waals surface area contributed by atoms with E-state index in [1.807, 2.05) is 0 Å². The molecule has 0 unspecified atom stereocenters. The summed E-state index contributed by atoms with van der Waals surface area (Å²) in [6.45, 7) is 1.20. The third-order valence-corrected chi connectivity index (χ3v) is 4.99. The molecule has 0 bridgehead atoms. The number of nitrogens with one attached hydrogen (secondary N) is 2. The van der Waals surface area contributed by atoms with Gasteiger partial charge in [0.2, 0.25) is 10.0 Å². The van der Waals surface area contributed by atoms with Gasteiger partial charge in [-0.2, -0.15) is 0 Å². The van der Waals surface area contributed by atoms with Crippen molar-refractivity contribution in [2.75, 3.05) is 13.1 Å². The Labute approximate surface area is 114 Å². The fourth-order valence-corrected chi connectivity index (χ4v) is 4.22. The standard InChI is InChI=1S/C9H9Cl3N2O2S/c10-5-1-7(11)9(8(12)2-5)17(15,16)14-6-3-13-4-6/h1-2,6,13-14H,3-4H2. The van der Waals surface area contributed by atoms with Gasteiger partial charge in [0, 0.05) is 24.2 Å². The zero-order valence-electron chi connectivity index (χ0n) is 8.50. The van der Waals surface area contributed by atoms with Gasteiger partial charge in [-0.1, -0.05) is 34.8 Å². The molecule has 0 aromatic heterocycles. The summed E-state index contributed by atoms with van der Waals surface area (Å²) in [7, 11) is -3.71. The summed E-state index contributed by atoms with van der Waals surface area (Å²) in [6.07, 6.45) is 0. The van der Waals surface area contributed by atoms with Crippen LogP contribution in [0.2, 0.25) is 15.1 Å². The molecule has 2 N–H and O–H groups in total. The first-order valence-electron chi connectivity index (χ1n) is 4.78. The lowest BCUT2D eigenvalue weighted by Crippen LogP contribution is -2.56. The quantitative estimate of drug-likeness (QED) is 0.895. The summed E-state index contributed by atoms with van der Waals surface area (Å²) in [5, 5.41) is 3.29. The molecular formula is C9H9Cl3N2O2S. The van der Waals surface area contributed by atoms with E-state index in [2.05, 4.69) is 10.0 Å². The molecule has 17 heavy (non-hydrogen) atoms. The number of hydrogen-bond donors (Lipinski definition) is 2. The van der Waals surface area contributed by atoms with Gasteiger partial charge >= 0.3 is 0 Å². The third kappa shape index (κ3) is 2.86. The number of rotatable bonds is 3. The minimum atomic E-state index is -3.71. The van der Waals surface area contributed by atoms with Crippen molar-refractivity contribution in [1.82, 2.24) is 10.0 Å². The molecule has 0 radical (unpaired) electrons. The Morgan fingerprint density at radius 1 is 1.18 bits per heavy atom. The minimum Gasteiger partial charge on any atom is -0.313 e. The van der Waals surface area contributed by atoms with Crippen LogP contribution in [0.5, 0.6) is 0 Å². The first-order chi connectivity index (χ1) is 7.90. The van der Waals surface area contributed by atoms with E-state index in [0.29, 0.717) is 18.1 Å². The van der Waals surface area contributed by atoms with E-state index in [1.54, 1.807) is 0 Å². The van der Waals surface area contributed by atoms with E-state index >= 15 is 0 Å². The monoisotopic (exact) mass is 314 g/mol. The molecule has 1 aromatic rings. The van der Waals surface area contributed by atoms with E-state index in [0.717, 1.165) is 0 Å². The molecule has 1 aliphatic heterocycles. The first-order valence-corrected chi connectivity index (χ1v) is 7.39. The highest BCUT2D eigenvalue weighted by molar-refractivity contribution is 7.89. The molecule has 0 atom stereocenters. The highest BCUT2D eigenvalue weighted by Crippen LogP contribution is 2.32. The van der Waals surface area contributed by atoms with Crippen molar-refractivity contribution < 1.29 is 8.42 Å². The largest absolute Gasteiger partial charge is 0.313 e. The predicted octanol–water partition coefficient (Wildman–Crippen LogP) is 1.90. The van der Waals surface area contributed by atoms with Crippen molar-refractivity contribution in [2.24, 2.45) is 0 Å². The van der Waals surface area contributed by atoms with Crippen molar-refractivity contribution in [1.29, 1.82) is 0 Å². The Kier molecular flexibility index (Phi) is 3.87. The Balaban J connectivity index is 2.38. The molecule has 8 heteroatoms. The van der Waals surface area contributed by atoms with Crippen molar-refractivity contribution in [3.05, 3.63) is 27.2 Å². The van der Waals surface area contributed by atoms with Crippen LogP contribution >= 0.6 is 34.8 Å². The highest BCUT2D eigenvalue weighted by Gasteiger charge is 2.28. The molecule has 0 aliphatic carbocycles. The van der Waals surface area contributed by atoms with Crippen molar-refractivity contribution in [3.8, 4) is 0 Å². The molecule has 94 valence electrons. The smallest absolute Gasteiger partial charge is 0.243 e. The SMILES string of the molecule is O=S(=O)(NC1CNC1)c1c(Cl)cc(Cl)cc1Cl. The van der Waals surface area contributed by atoms with Gasteiger partial charge in [0.05, 0.1) is 10.0 Å². The highest BCUT2D eigenvalue weighted by atomic mass is 35.5. The van der Waals surface area contributed by atoms with E-state index in [9.17, 15) is 8.42 Å². The molecule has 0 saturated carbocycles. The van der Waals surface area contributed by atoms with Gasteiger partial charge in [-0.05, 0) is 12.1 Å². The summed E-state index contributed by atoms with van der Waals surface area (Å²) < 4.78 is 26.6. The summed E-state index contributed by atoms with van der Waals surface area (Å²) >= 11 is 17.4. The van der Waals surface area contributed by atoms with Crippen molar-refractivity contribution in [3.63, 3.8) is 0 Å². The molecule has 1 saturated heterocycles. The normalized spacial score (nSPS) is 16.9. The second-order valence-corrected chi connectivity index (χ2v) is 6.58. The summed E-state index contributed by atoms with van der Waals surface area (Å²) in [4.78, 5) is -0.128. The summed E-state index contributed by atoms with van der Waals surface area (Å²) in [6, 6.07) is 2.58. The topological polar surface area (TPSA) is 58.2 Å². The molecule has 0 spiro atoms. The number of halogens is 3. The van der Waals surface area contributed by atoms with Crippen LogP contribution in [0.1, 0.15) is 0 Å². The summed E-state index contributed by atoms with van der Waals surface area (Å²) in [5.74, 6) is 0. The Morgan fingerprint density at radius 3 is 2.12 bits per heavy atom. The van der Waals surface area contributed by atoms with Crippen molar-refractivity contribution >= 4 is 44.8 Å². The lowest BCUT2D eigenvalue weighted by Gasteiger charge is -2.27. The first kappa shape index (κ1) is 13.4.